The zero-order chi connectivity index (χ0) is 14.7. The van der Waals surface area contributed by atoms with Crippen LogP contribution in [0.5, 0.6) is 0 Å². The van der Waals surface area contributed by atoms with E-state index in [2.05, 4.69) is 5.32 Å². The summed E-state index contributed by atoms with van der Waals surface area (Å²) in [6, 6.07) is 6.56. The molecule has 0 spiro atoms. The third-order valence-electron chi connectivity index (χ3n) is 3.12. The maximum atomic E-state index is 12.0. The van der Waals surface area contributed by atoms with Gasteiger partial charge in [-0.05, 0) is 31.9 Å². The van der Waals surface area contributed by atoms with E-state index in [0.29, 0.717) is 24.1 Å². The van der Waals surface area contributed by atoms with Crippen LogP contribution < -0.4 is 5.32 Å². The van der Waals surface area contributed by atoms with Crippen molar-refractivity contribution in [2.75, 3.05) is 5.32 Å². The second kappa shape index (κ2) is 5.83. The van der Waals surface area contributed by atoms with Gasteiger partial charge < -0.3 is 15.2 Å². The molecule has 0 aliphatic carbocycles. The van der Waals surface area contributed by atoms with Gasteiger partial charge in [0, 0.05) is 11.3 Å². The number of carboxylic acid groups (broad SMARTS) is 1. The summed E-state index contributed by atoms with van der Waals surface area (Å²) in [5.74, 6) is -1.54. The van der Waals surface area contributed by atoms with Gasteiger partial charge in [0.2, 0.25) is 0 Å². The quantitative estimate of drug-likeness (QED) is 0.813. The number of carbonyl (C=O) groups excluding carboxylic acids is 2. The summed E-state index contributed by atoms with van der Waals surface area (Å²) in [7, 11) is 0. The number of ether oxygens (including phenoxy) is 1. The summed E-state index contributed by atoms with van der Waals surface area (Å²) in [6.07, 6.45) is -0.998. The zero-order valence-electron chi connectivity index (χ0n) is 11.0. The van der Waals surface area contributed by atoms with Crippen LogP contribution in [0.1, 0.15) is 30.1 Å². The van der Waals surface area contributed by atoms with Gasteiger partial charge in [-0.1, -0.05) is 12.1 Å². The van der Waals surface area contributed by atoms with E-state index in [9.17, 15) is 14.4 Å². The average Bonchev–Trinajstić information content (AvgIpc) is 2.88. The molecule has 1 aliphatic rings. The molecule has 6 nitrogen and oxygen atoms in total. The second-order valence-corrected chi connectivity index (χ2v) is 4.66. The number of rotatable bonds is 4. The van der Waals surface area contributed by atoms with Crippen molar-refractivity contribution >= 4 is 23.3 Å². The van der Waals surface area contributed by atoms with E-state index in [1.807, 2.05) is 0 Å². The smallest absolute Gasteiger partial charge is 0.332 e. The normalized spacial score (nSPS) is 21.4. The third kappa shape index (κ3) is 3.21. The molecule has 2 atom stereocenters. The highest BCUT2D eigenvalue weighted by atomic mass is 16.5. The first-order valence-electron chi connectivity index (χ1n) is 6.27. The standard InChI is InChI=1S/C14H15NO5/c1-8(16)9-3-2-4-10(7-9)15-13(17)11-5-6-12(20-11)14(18)19/h2-4,7,11-12H,5-6H2,1H3,(H,15,17)(H,18,19)/t11-,12+/m0/s1. The highest BCUT2D eigenvalue weighted by molar-refractivity contribution is 5.98. The van der Waals surface area contributed by atoms with Gasteiger partial charge >= 0.3 is 5.97 Å². The van der Waals surface area contributed by atoms with Crippen LogP contribution in [0, 0.1) is 0 Å². The van der Waals surface area contributed by atoms with Crippen LogP contribution >= 0.6 is 0 Å². The number of amides is 1. The van der Waals surface area contributed by atoms with Gasteiger partial charge in [-0.25, -0.2) is 4.79 Å². The molecule has 106 valence electrons. The Kier molecular flexibility index (Phi) is 4.14. The molecule has 1 amide bonds. The minimum absolute atomic E-state index is 0.0934. The predicted octanol–water partition coefficient (Wildman–Crippen LogP) is 1.46. The lowest BCUT2D eigenvalue weighted by Gasteiger charge is -2.12. The number of benzene rings is 1. The Morgan fingerprint density at radius 3 is 2.55 bits per heavy atom. The fraction of sp³-hybridized carbons (Fsp3) is 0.357. The fourth-order valence-corrected chi connectivity index (χ4v) is 2.05. The Bertz CT molecular complexity index is 554. The van der Waals surface area contributed by atoms with Crippen molar-refractivity contribution in [3.8, 4) is 0 Å². The molecular weight excluding hydrogens is 262 g/mol. The lowest BCUT2D eigenvalue weighted by atomic mass is 10.1. The third-order valence-corrected chi connectivity index (χ3v) is 3.12. The van der Waals surface area contributed by atoms with E-state index in [1.54, 1.807) is 24.3 Å². The Balaban J connectivity index is 2.00. The van der Waals surface area contributed by atoms with Crippen molar-refractivity contribution in [3.63, 3.8) is 0 Å². The van der Waals surface area contributed by atoms with E-state index in [1.165, 1.54) is 6.92 Å². The number of hydrogen-bond donors (Lipinski definition) is 2. The van der Waals surface area contributed by atoms with Crippen molar-refractivity contribution in [2.24, 2.45) is 0 Å². The van der Waals surface area contributed by atoms with E-state index in [0.717, 1.165) is 0 Å². The summed E-state index contributed by atoms with van der Waals surface area (Å²) in [6.45, 7) is 1.44. The minimum atomic E-state index is -1.06. The van der Waals surface area contributed by atoms with E-state index in [4.69, 9.17) is 9.84 Å². The number of ketones is 1. The van der Waals surface area contributed by atoms with Gasteiger partial charge in [-0.2, -0.15) is 0 Å². The average molecular weight is 277 g/mol. The van der Waals surface area contributed by atoms with E-state index in [-0.39, 0.29) is 5.78 Å². The molecule has 0 radical (unpaired) electrons. The van der Waals surface area contributed by atoms with Crippen LogP contribution in [-0.4, -0.2) is 35.0 Å². The summed E-state index contributed by atoms with van der Waals surface area (Å²) in [4.78, 5) is 34.0. The highest BCUT2D eigenvalue weighted by Gasteiger charge is 2.34. The molecule has 1 fully saturated rings. The zero-order valence-corrected chi connectivity index (χ0v) is 11.0. The molecular formula is C14H15NO5. The van der Waals surface area contributed by atoms with Crippen molar-refractivity contribution in [2.45, 2.75) is 32.0 Å². The van der Waals surface area contributed by atoms with Crippen LogP contribution in [0.3, 0.4) is 0 Å². The Morgan fingerprint density at radius 1 is 1.25 bits per heavy atom. The molecule has 2 N–H and O–H groups in total. The molecule has 1 aromatic rings. The Labute approximate surface area is 115 Å². The largest absolute Gasteiger partial charge is 0.479 e. The maximum Gasteiger partial charge on any atom is 0.332 e. The van der Waals surface area contributed by atoms with Crippen molar-refractivity contribution in [3.05, 3.63) is 29.8 Å². The molecule has 0 bridgehead atoms. The maximum absolute atomic E-state index is 12.0. The topological polar surface area (TPSA) is 92.7 Å². The molecule has 1 heterocycles. The van der Waals surface area contributed by atoms with Gasteiger partial charge in [0.05, 0.1) is 0 Å². The Hall–Kier alpha value is -2.21. The lowest BCUT2D eigenvalue weighted by Crippen LogP contribution is -2.29. The molecule has 1 aromatic carbocycles. The fourth-order valence-electron chi connectivity index (χ4n) is 2.05. The van der Waals surface area contributed by atoms with E-state index < -0.39 is 24.1 Å². The monoisotopic (exact) mass is 277 g/mol. The van der Waals surface area contributed by atoms with Crippen molar-refractivity contribution in [1.82, 2.24) is 0 Å². The highest BCUT2D eigenvalue weighted by Crippen LogP contribution is 2.21. The molecule has 1 saturated heterocycles. The Morgan fingerprint density at radius 2 is 1.95 bits per heavy atom. The SMILES string of the molecule is CC(=O)c1cccc(NC(=O)[C@@H]2CC[C@H](C(=O)O)O2)c1. The number of carboxylic acids is 1. The van der Waals surface area contributed by atoms with Crippen molar-refractivity contribution in [1.29, 1.82) is 0 Å². The predicted molar refractivity (Wildman–Crippen MR) is 70.6 cm³/mol. The summed E-state index contributed by atoms with van der Waals surface area (Å²) in [5.41, 5.74) is 0.989. The molecule has 2 rings (SSSR count). The van der Waals surface area contributed by atoms with Gasteiger partial charge in [-0.15, -0.1) is 0 Å². The molecule has 0 unspecified atom stereocenters. The summed E-state index contributed by atoms with van der Waals surface area (Å²) >= 11 is 0. The summed E-state index contributed by atoms with van der Waals surface area (Å²) in [5, 5.41) is 11.4. The van der Waals surface area contributed by atoms with Crippen LogP contribution in [0.2, 0.25) is 0 Å². The number of nitrogens with one attached hydrogen (secondary N) is 1. The minimum Gasteiger partial charge on any atom is -0.479 e. The van der Waals surface area contributed by atoms with Crippen LogP contribution in [0.25, 0.3) is 0 Å². The first-order chi connectivity index (χ1) is 9.47. The van der Waals surface area contributed by atoms with Crippen LogP contribution in [-0.2, 0) is 14.3 Å². The molecule has 1 aliphatic heterocycles. The van der Waals surface area contributed by atoms with Gasteiger partial charge in [-0.3, -0.25) is 9.59 Å². The number of aliphatic carboxylic acids is 1. The second-order valence-electron chi connectivity index (χ2n) is 4.66. The van der Waals surface area contributed by atoms with Gasteiger partial charge in [0.1, 0.15) is 6.10 Å². The van der Waals surface area contributed by atoms with Gasteiger partial charge in [0.25, 0.3) is 5.91 Å². The first kappa shape index (κ1) is 14.2. The number of anilines is 1. The molecule has 0 aromatic heterocycles. The number of Topliss-reactive ketones (excluding diaryl/α,β-unsaturated/α-hetero) is 1. The summed E-state index contributed by atoms with van der Waals surface area (Å²) < 4.78 is 5.16. The van der Waals surface area contributed by atoms with E-state index >= 15 is 0 Å². The van der Waals surface area contributed by atoms with Gasteiger partial charge in [0.15, 0.2) is 11.9 Å². The first-order valence-corrected chi connectivity index (χ1v) is 6.27. The van der Waals surface area contributed by atoms with Crippen molar-refractivity contribution < 1.29 is 24.2 Å². The number of hydrogen-bond acceptors (Lipinski definition) is 4. The molecule has 6 heteroatoms. The lowest BCUT2D eigenvalue weighted by molar-refractivity contribution is -0.150. The number of carbonyl (C=O) groups is 3. The molecule has 20 heavy (non-hydrogen) atoms. The molecule has 0 saturated carbocycles. The van der Waals surface area contributed by atoms with Crippen LogP contribution in [0.4, 0.5) is 5.69 Å². The van der Waals surface area contributed by atoms with Crippen LogP contribution in [0.15, 0.2) is 24.3 Å².